The van der Waals surface area contributed by atoms with Crippen LogP contribution in [0.5, 0.6) is 0 Å². The van der Waals surface area contributed by atoms with Crippen molar-refractivity contribution >= 4 is 56.1 Å². The summed E-state index contributed by atoms with van der Waals surface area (Å²) in [5, 5.41) is 1.12. The standard InChI is InChI=1S/C49H34N2O2/c52-49-45-31-25-38(36-23-29-44(30-24-36)51(41-17-9-3-10-18-41)42-19-11-4-12-20-42)34-48(45)53-47-32-26-37(33-46(47)49)35-21-27-43(28-22-35)50(39-13-5-1-6-14-39)40-15-7-2-8-16-40/h1-34H. The Morgan fingerprint density at radius 3 is 1.09 bits per heavy atom. The third kappa shape index (κ3) is 6.24. The third-order valence-corrected chi connectivity index (χ3v) is 9.65. The van der Waals surface area contributed by atoms with Gasteiger partial charge in [-0.2, -0.15) is 0 Å². The SMILES string of the molecule is O=c1c2ccc(-c3ccc(N(c4ccccc4)c4ccccc4)cc3)cc2oc2ccc(-c3ccc(N(c4ccccc4)c4ccccc4)cc3)cc12. The van der Waals surface area contributed by atoms with E-state index in [1.807, 2.05) is 60.7 Å². The zero-order chi connectivity index (χ0) is 35.6. The van der Waals surface area contributed by atoms with Gasteiger partial charge in [-0.1, -0.05) is 109 Å². The van der Waals surface area contributed by atoms with Gasteiger partial charge in [0.1, 0.15) is 11.2 Å². The molecule has 4 heteroatoms. The van der Waals surface area contributed by atoms with Gasteiger partial charge in [0.05, 0.1) is 10.8 Å². The highest BCUT2D eigenvalue weighted by molar-refractivity contribution is 5.94. The normalized spacial score (nSPS) is 11.1. The first-order valence-corrected chi connectivity index (χ1v) is 17.7. The minimum absolute atomic E-state index is 0.0395. The van der Waals surface area contributed by atoms with Crippen LogP contribution in [0.2, 0.25) is 0 Å². The maximum Gasteiger partial charge on any atom is 0.200 e. The van der Waals surface area contributed by atoms with E-state index in [1.54, 1.807) is 0 Å². The molecule has 0 aliphatic heterocycles. The van der Waals surface area contributed by atoms with E-state index in [4.69, 9.17) is 4.42 Å². The first-order valence-electron chi connectivity index (χ1n) is 17.7. The van der Waals surface area contributed by atoms with E-state index in [0.717, 1.165) is 56.4 Å². The molecule has 0 fully saturated rings. The molecule has 8 aromatic carbocycles. The fourth-order valence-corrected chi connectivity index (χ4v) is 7.02. The summed E-state index contributed by atoms with van der Waals surface area (Å²) in [4.78, 5) is 18.4. The maximum atomic E-state index is 13.9. The minimum atomic E-state index is -0.0395. The second-order valence-corrected chi connectivity index (χ2v) is 13.0. The van der Waals surface area contributed by atoms with Crippen molar-refractivity contribution in [1.82, 2.24) is 0 Å². The van der Waals surface area contributed by atoms with Crippen molar-refractivity contribution in [1.29, 1.82) is 0 Å². The summed E-state index contributed by atoms with van der Waals surface area (Å²) >= 11 is 0. The Morgan fingerprint density at radius 2 is 0.660 bits per heavy atom. The van der Waals surface area contributed by atoms with Gasteiger partial charge >= 0.3 is 0 Å². The molecule has 9 rings (SSSR count). The lowest BCUT2D eigenvalue weighted by Gasteiger charge is -2.25. The zero-order valence-electron chi connectivity index (χ0n) is 28.8. The highest BCUT2D eigenvalue weighted by Crippen LogP contribution is 2.37. The van der Waals surface area contributed by atoms with Crippen LogP contribution in [0.25, 0.3) is 44.2 Å². The van der Waals surface area contributed by atoms with E-state index < -0.39 is 0 Å². The number of para-hydroxylation sites is 4. The van der Waals surface area contributed by atoms with Crippen LogP contribution in [0.4, 0.5) is 34.1 Å². The van der Waals surface area contributed by atoms with Gasteiger partial charge < -0.3 is 14.2 Å². The Bertz CT molecular complexity index is 2630. The summed E-state index contributed by atoms with van der Waals surface area (Å²) < 4.78 is 6.39. The summed E-state index contributed by atoms with van der Waals surface area (Å²) in [6.07, 6.45) is 0. The second kappa shape index (κ2) is 13.9. The molecule has 0 unspecified atom stereocenters. The van der Waals surface area contributed by atoms with Gasteiger partial charge in [0.2, 0.25) is 5.43 Å². The fraction of sp³-hybridized carbons (Fsp3) is 0. The first kappa shape index (κ1) is 31.8. The van der Waals surface area contributed by atoms with E-state index in [1.165, 1.54) is 0 Å². The van der Waals surface area contributed by atoms with Gasteiger partial charge in [-0.3, -0.25) is 4.79 Å². The van der Waals surface area contributed by atoms with Crippen molar-refractivity contribution in [2.24, 2.45) is 0 Å². The Kier molecular flexibility index (Phi) is 8.31. The van der Waals surface area contributed by atoms with Crippen LogP contribution >= 0.6 is 0 Å². The molecular formula is C49H34N2O2. The summed E-state index contributed by atoms with van der Waals surface area (Å²) in [5.41, 5.74) is 11.5. The minimum Gasteiger partial charge on any atom is -0.456 e. The molecule has 4 nitrogen and oxygen atoms in total. The number of anilines is 6. The quantitative estimate of drug-likeness (QED) is 0.150. The molecule has 9 aromatic rings. The van der Waals surface area contributed by atoms with E-state index >= 15 is 0 Å². The fourth-order valence-electron chi connectivity index (χ4n) is 7.02. The molecule has 1 heterocycles. The summed E-state index contributed by atoms with van der Waals surface area (Å²) in [7, 11) is 0. The van der Waals surface area contributed by atoms with Gasteiger partial charge in [0.25, 0.3) is 0 Å². The highest BCUT2D eigenvalue weighted by atomic mass is 16.3. The van der Waals surface area contributed by atoms with Crippen LogP contribution in [0, 0.1) is 0 Å². The lowest BCUT2D eigenvalue weighted by atomic mass is 10.0. The molecule has 0 amide bonds. The predicted octanol–water partition coefficient (Wildman–Crippen LogP) is 13.2. The molecule has 0 spiro atoms. The number of hydrogen-bond donors (Lipinski definition) is 0. The number of hydrogen-bond acceptors (Lipinski definition) is 4. The topological polar surface area (TPSA) is 36.7 Å². The molecule has 0 aliphatic rings. The lowest BCUT2D eigenvalue weighted by molar-refractivity contribution is 0.660. The van der Waals surface area contributed by atoms with Gasteiger partial charge in [0, 0.05) is 34.1 Å². The molecule has 53 heavy (non-hydrogen) atoms. The van der Waals surface area contributed by atoms with Crippen LogP contribution in [0.1, 0.15) is 0 Å². The Hall–Kier alpha value is -7.17. The maximum absolute atomic E-state index is 13.9. The molecule has 252 valence electrons. The second-order valence-electron chi connectivity index (χ2n) is 13.0. The lowest BCUT2D eigenvalue weighted by Crippen LogP contribution is -2.09. The summed E-state index contributed by atoms with van der Waals surface area (Å²) in [6.45, 7) is 0. The van der Waals surface area contributed by atoms with Crippen LogP contribution in [-0.4, -0.2) is 0 Å². The van der Waals surface area contributed by atoms with Crippen LogP contribution in [0.15, 0.2) is 215 Å². The molecule has 0 saturated heterocycles. The predicted molar refractivity (Wildman–Crippen MR) is 220 cm³/mol. The van der Waals surface area contributed by atoms with Gasteiger partial charge in [-0.25, -0.2) is 0 Å². The highest BCUT2D eigenvalue weighted by Gasteiger charge is 2.15. The van der Waals surface area contributed by atoms with Gasteiger partial charge in [0.15, 0.2) is 0 Å². The van der Waals surface area contributed by atoms with Crippen LogP contribution in [-0.2, 0) is 0 Å². The Morgan fingerprint density at radius 1 is 0.302 bits per heavy atom. The van der Waals surface area contributed by atoms with Gasteiger partial charge in [-0.05, 0) is 119 Å². The zero-order valence-corrected chi connectivity index (χ0v) is 28.8. The average Bonchev–Trinajstić information content (AvgIpc) is 3.23. The van der Waals surface area contributed by atoms with E-state index in [2.05, 4.69) is 155 Å². The van der Waals surface area contributed by atoms with E-state index in [9.17, 15) is 4.79 Å². The van der Waals surface area contributed by atoms with Gasteiger partial charge in [-0.15, -0.1) is 0 Å². The number of nitrogens with zero attached hydrogens (tertiary/aromatic N) is 2. The third-order valence-electron chi connectivity index (χ3n) is 9.65. The van der Waals surface area contributed by atoms with E-state index in [0.29, 0.717) is 21.9 Å². The molecule has 0 bridgehead atoms. The Balaban J connectivity index is 1.02. The molecule has 0 radical (unpaired) electrons. The monoisotopic (exact) mass is 682 g/mol. The van der Waals surface area contributed by atoms with Crippen LogP contribution < -0.4 is 15.2 Å². The van der Waals surface area contributed by atoms with Crippen molar-refractivity contribution in [2.75, 3.05) is 9.80 Å². The first-order chi connectivity index (χ1) is 26.2. The molecule has 1 aromatic heterocycles. The number of rotatable bonds is 8. The van der Waals surface area contributed by atoms with E-state index in [-0.39, 0.29) is 5.43 Å². The number of fused-ring (bicyclic) bond motifs is 2. The van der Waals surface area contributed by atoms with Crippen molar-refractivity contribution in [2.45, 2.75) is 0 Å². The summed E-state index contributed by atoms with van der Waals surface area (Å²) in [6, 6.07) is 70.1. The number of benzene rings is 8. The molecule has 0 aliphatic carbocycles. The molecule has 0 atom stereocenters. The largest absolute Gasteiger partial charge is 0.456 e. The van der Waals surface area contributed by atoms with Crippen molar-refractivity contribution in [3.63, 3.8) is 0 Å². The van der Waals surface area contributed by atoms with Crippen molar-refractivity contribution in [3.05, 3.63) is 216 Å². The van der Waals surface area contributed by atoms with Crippen molar-refractivity contribution < 1.29 is 4.42 Å². The Labute approximate surface area is 308 Å². The van der Waals surface area contributed by atoms with Crippen LogP contribution in [0.3, 0.4) is 0 Å². The smallest absolute Gasteiger partial charge is 0.200 e. The summed E-state index contributed by atoms with van der Waals surface area (Å²) in [5.74, 6) is 0. The molecule has 0 saturated carbocycles. The average molecular weight is 683 g/mol. The molecular weight excluding hydrogens is 649 g/mol. The van der Waals surface area contributed by atoms with Crippen molar-refractivity contribution in [3.8, 4) is 22.3 Å². The molecule has 0 N–H and O–H groups in total.